The molecule has 2 aromatic rings. The van der Waals surface area contributed by atoms with E-state index in [0.717, 1.165) is 16.8 Å². The molecule has 1 fully saturated rings. The highest BCUT2D eigenvalue weighted by atomic mass is 19.1. The van der Waals surface area contributed by atoms with Gasteiger partial charge in [-0.2, -0.15) is 0 Å². The molecule has 0 atom stereocenters. The van der Waals surface area contributed by atoms with Gasteiger partial charge in [0.05, 0.1) is 0 Å². The molecule has 98 valence electrons. The third kappa shape index (κ3) is 2.78. The third-order valence-electron chi connectivity index (χ3n) is 3.78. The molecule has 1 aliphatic rings. The van der Waals surface area contributed by atoms with E-state index in [1.54, 1.807) is 6.07 Å². The minimum absolute atomic E-state index is 0.184. The molecule has 0 saturated heterocycles. The molecule has 0 aliphatic heterocycles. The van der Waals surface area contributed by atoms with Crippen molar-refractivity contribution >= 4 is 5.69 Å². The maximum Gasteiger partial charge on any atom is 0.123 e. The molecule has 0 spiro atoms. The van der Waals surface area contributed by atoms with Crippen LogP contribution in [0.2, 0.25) is 0 Å². The molecule has 1 saturated carbocycles. The van der Waals surface area contributed by atoms with Gasteiger partial charge in [-0.05, 0) is 36.6 Å². The van der Waals surface area contributed by atoms with Crippen LogP contribution < -0.4 is 5.32 Å². The zero-order chi connectivity index (χ0) is 13.1. The predicted molar refractivity (Wildman–Crippen MR) is 77.7 cm³/mol. The van der Waals surface area contributed by atoms with Gasteiger partial charge in [0, 0.05) is 17.3 Å². The number of benzene rings is 2. The molecule has 0 heterocycles. The second-order valence-electron chi connectivity index (χ2n) is 5.18. The Labute approximate surface area is 113 Å². The molecule has 2 aromatic carbocycles. The monoisotopic (exact) mass is 255 g/mol. The topological polar surface area (TPSA) is 12.0 Å². The van der Waals surface area contributed by atoms with Crippen molar-refractivity contribution in [1.82, 2.24) is 0 Å². The lowest BCUT2D eigenvalue weighted by atomic mass is 10.0. The van der Waals surface area contributed by atoms with E-state index < -0.39 is 0 Å². The zero-order valence-electron chi connectivity index (χ0n) is 10.9. The van der Waals surface area contributed by atoms with E-state index in [-0.39, 0.29) is 5.82 Å². The molecule has 0 unspecified atom stereocenters. The van der Waals surface area contributed by atoms with E-state index in [0.29, 0.717) is 6.04 Å². The zero-order valence-corrected chi connectivity index (χ0v) is 10.9. The maximum atomic E-state index is 13.5. The Hall–Kier alpha value is -1.83. The average Bonchev–Trinajstić information content (AvgIpc) is 2.95. The van der Waals surface area contributed by atoms with Crippen LogP contribution in [0.3, 0.4) is 0 Å². The van der Waals surface area contributed by atoms with E-state index in [1.165, 1.54) is 31.7 Å². The van der Waals surface area contributed by atoms with Crippen molar-refractivity contribution in [3.63, 3.8) is 0 Å². The first-order valence-corrected chi connectivity index (χ1v) is 6.94. The van der Waals surface area contributed by atoms with Crippen LogP contribution in [-0.4, -0.2) is 6.04 Å². The van der Waals surface area contributed by atoms with Crippen LogP contribution in [0.15, 0.2) is 48.5 Å². The summed E-state index contributed by atoms with van der Waals surface area (Å²) < 4.78 is 13.5. The van der Waals surface area contributed by atoms with Gasteiger partial charge < -0.3 is 5.32 Å². The maximum absolute atomic E-state index is 13.5. The minimum atomic E-state index is -0.184. The summed E-state index contributed by atoms with van der Waals surface area (Å²) in [5, 5.41) is 3.57. The lowest BCUT2D eigenvalue weighted by molar-refractivity contribution is 0.628. The van der Waals surface area contributed by atoms with Crippen LogP contribution >= 0.6 is 0 Å². The van der Waals surface area contributed by atoms with Crippen LogP contribution in [0.4, 0.5) is 10.1 Å². The second-order valence-corrected chi connectivity index (χ2v) is 5.18. The van der Waals surface area contributed by atoms with Gasteiger partial charge >= 0.3 is 0 Å². The van der Waals surface area contributed by atoms with Gasteiger partial charge in [-0.25, -0.2) is 4.39 Å². The lowest BCUT2D eigenvalue weighted by Crippen LogP contribution is -2.15. The van der Waals surface area contributed by atoms with Crippen LogP contribution in [0.25, 0.3) is 11.1 Å². The lowest BCUT2D eigenvalue weighted by Gasteiger charge is -2.17. The Morgan fingerprint density at radius 1 is 0.947 bits per heavy atom. The van der Waals surface area contributed by atoms with Crippen LogP contribution in [0.5, 0.6) is 0 Å². The highest BCUT2D eigenvalue weighted by molar-refractivity contribution is 5.78. The van der Waals surface area contributed by atoms with E-state index >= 15 is 0 Å². The number of hydrogen-bond donors (Lipinski definition) is 1. The van der Waals surface area contributed by atoms with Crippen molar-refractivity contribution < 1.29 is 4.39 Å². The fourth-order valence-corrected chi connectivity index (χ4v) is 2.79. The first-order valence-electron chi connectivity index (χ1n) is 6.94. The molecule has 0 radical (unpaired) electrons. The summed E-state index contributed by atoms with van der Waals surface area (Å²) in [7, 11) is 0. The molecule has 1 aliphatic carbocycles. The highest BCUT2D eigenvalue weighted by Crippen LogP contribution is 2.31. The number of halogens is 1. The molecule has 19 heavy (non-hydrogen) atoms. The Balaban J connectivity index is 1.94. The average molecular weight is 255 g/mol. The number of anilines is 1. The molecular weight excluding hydrogens is 237 g/mol. The summed E-state index contributed by atoms with van der Waals surface area (Å²) >= 11 is 0. The third-order valence-corrected chi connectivity index (χ3v) is 3.78. The molecule has 0 aromatic heterocycles. The molecule has 3 rings (SSSR count). The summed E-state index contributed by atoms with van der Waals surface area (Å²) in [6.45, 7) is 0. The summed E-state index contributed by atoms with van der Waals surface area (Å²) in [5.74, 6) is -0.184. The van der Waals surface area contributed by atoms with Crippen molar-refractivity contribution in [2.24, 2.45) is 0 Å². The number of hydrogen-bond acceptors (Lipinski definition) is 1. The first kappa shape index (κ1) is 12.2. The van der Waals surface area contributed by atoms with Crippen molar-refractivity contribution in [2.45, 2.75) is 31.7 Å². The van der Waals surface area contributed by atoms with E-state index in [2.05, 4.69) is 5.32 Å². The Morgan fingerprint density at radius 2 is 1.68 bits per heavy atom. The molecular formula is C17H18FN. The van der Waals surface area contributed by atoms with Gasteiger partial charge in [0.1, 0.15) is 5.82 Å². The van der Waals surface area contributed by atoms with Gasteiger partial charge in [0.25, 0.3) is 0 Å². The quantitative estimate of drug-likeness (QED) is 0.827. The molecule has 1 nitrogen and oxygen atoms in total. The number of rotatable bonds is 3. The standard InChI is InChI=1S/C17H18FN/c18-14-10-11-17(19-15-8-4-5-9-15)16(12-14)13-6-2-1-3-7-13/h1-3,6-7,10-12,15,19H,4-5,8-9H2. The molecule has 0 bridgehead atoms. The van der Waals surface area contributed by atoms with E-state index in [4.69, 9.17) is 0 Å². The van der Waals surface area contributed by atoms with E-state index in [1.807, 2.05) is 36.4 Å². The van der Waals surface area contributed by atoms with Crippen LogP contribution in [0.1, 0.15) is 25.7 Å². The van der Waals surface area contributed by atoms with Crippen molar-refractivity contribution in [3.05, 3.63) is 54.3 Å². The number of nitrogens with one attached hydrogen (secondary N) is 1. The summed E-state index contributed by atoms with van der Waals surface area (Å²) in [5.41, 5.74) is 3.05. The normalized spacial score (nSPS) is 15.6. The molecule has 0 amide bonds. The van der Waals surface area contributed by atoms with Crippen molar-refractivity contribution in [3.8, 4) is 11.1 Å². The summed E-state index contributed by atoms with van der Waals surface area (Å²) in [6, 6.07) is 15.5. The molecule has 1 N–H and O–H groups in total. The van der Waals surface area contributed by atoms with Crippen LogP contribution in [0, 0.1) is 5.82 Å². The van der Waals surface area contributed by atoms with Crippen molar-refractivity contribution in [2.75, 3.05) is 5.32 Å². The summed E-state index contributed by atoms with van der Waals surface area (Å²) in [6.07, 6.45) is 5.01. The minimum Gasteiger partial charge on any atom is -0.382 e. The Kier molecular flexibility index (Phi) is 3.49. The largest absolute Gasteiger partial charge is 0.382 e. The van der Waals surface area contributed by atoms with Gasteiger partial charge in [-0.1, -0.05) is 43.2 Å². The Morgan fingerprint density at radius 3 is 2.42 bits per heavy atom. The van der Waals surface area contributed by atoms with Gasteiger partial charge in [-0.3, -0.25) is 0 Å². The predicted octanol–water partition coefficient (Wildman–Crippen LogP) is 4.85. The van der Waals surface area contributed by atoms with Crippen molar-refractivity contribution in [1.29, 1.82) is 0 Å². The summed E-state index contributed by atoms with van der Waals surface area (Å²) in [4.78, 5) is 0. The van der Waals surface area contributed by atoms with Gasteiger partial charge in [0.15, 0.2) is 0 Å². The molecule has 2 heteroatoms. The van der Waals surface area contributed by atoms with Gasteiger partial charge in [0.2, 0.25) is 0 Å². The van der Waals surface area contributed by atoms with Crippen LogP contribution in [-0.2, 0) is 0 Å². The Bertz CT molecular complexity index is 544. The van der Waals surface area contributed by atoms with E-state index in [9.17, 15) is 4.39 Å². The second kappa shape index (κ2) is 5.43. The fraction of sp³-hybridized carbons (Fsp3) is 0.294. The SMILES string of the molecule is Fc1ccc(NC2CCCC2)c(-c2ccccc2)c1. The fourth-order valence-electron chi connectivity index (χ4n) is 2.79. The highest BCUT2D eigenvalue weighted by Gasteiger charge is 2.16. The smallest absolute Gasteiger partial charge is 0.123 e. The first-order chi connectivity index (χ1) is 9.33. The van der Waals surface area contributed by atoms with Gasteiger partial charge in [-0.15, -0.1) is 0 Å².